The molecule has 1 saturated carbocycles. The minimum Gasteiger partial charge on any atom is -0.394 e. The fourth-order valence-corrected chi connectivity index (χ4v) is 5.50. The maximum Gasteiger partial charge on any atom is 0.242 e. The molecule has 34 heavy (non-hydrogen) atoms. The van der Waals surface area contributed by atoms with Crippen molar-refractivity contribution in [3.63, 3.8) is 0 Å². The molecule has 1 aromatic carbocycles. The molecular weight excluding hydrogens is 434 g/mol. The largest absolute Gasteiger partial charge is 0.394 e. The Balaban J connectivity index is 1.05. The summed E-state index contributed by atoms with van der Waals surface area (Å²) >= 11 is 0. The Morgan fingerprint density at radius 2 is 2.09 bits per heavy atom. The van der Waals surface area contributed by atoms with Crippen LogP contribution in [0.3, 0.4) is 0 Å². The molecule has 9 nitrogen and oxygen atoms in total. The lowest BCUT2D eigenvalue weighted by atomic mass is 9.80. The van der Waals surface area contributed by atoms with Gasteiger partial charge in [-0.25, -0.2) is 4.98 Å². The zero-order valence-electron chi connectivity index (χ0n) is 19.3. The normalized spacial score (nSPS) is 28.9. The predicted molar refractivity (Wildman–Crippen MR) is 128 cm³/mol. The third-order valence-electron chi connectivity index (χ3n) is 7.25. The predicted octanol–water partition coefficient (Wildman–Crippen LogP) is 1.58. The highest BCUT2D eigenvalue weighted by molar-refractivity contribution is 5.91. The topological polar surface area (TPSA) is 116 Å². The number of carbonyl (C=O) groups excluding carboxylic acids is 2. The van der Waals surface area contributed by atoms with Crippen molar-refractivity contribution in [2.75, 3.05) is 25.1 Å². The molecule has 182 valence electrons. The number of aliphatic hydroxyl groups excluding tert-OH is 1. The van der Waals surface area contributed by atoms with Crippen molar-refractivity contribution >= 4 is 28.5 Å². The molecule has 4 N–H and O–H groups in total. The van der Waals surface area contributed by atoms with Crippen LogP contribution in [0, 0.1) is 5.92 Å². The van der Waals surface area contributed by atoms with Crippen molar-refractivity contribution in [1.82, 2.24) is 20.5 Å². The maximum atomic E-state index is 12.3. The highest BCUT2D eigenvalue weighted by atomic mass is 16.5. The number of amides is 2. The summed E-state index contributed by atoms with van der Waals surface area (Å²) in [7, 11) is 0. The van der Waals surface area contributed by atoms with Gasteiger partial charge in [0, 0.05) is 31.0 Å². The Hall–Kier alpha value is -2.59. The highest BCUT2D eigenvalue weighted by Gasteiger charge is 2.48. The third-order valence-corrected chi connectivity index (χ3v) is 7.25. The number of para-hydroxylation sites is 1. The molecule has 3 aliphatic rings. The van der Waals surface area contributed by atoms with E-state index in [9.17, 15) is 14.7 Å². The molecule has 2 saturated heterocycles. The molecule has 9 heteroatoms. The Kier molecular flexibility index (Phi) is 7.05. The summed E-state index contributed by atoms with van der Waals surface area (Å²) in [6.07, 6.45) is 5.03. The Morgan fingerprint density at radius 1 is 1.21 bits per heavy atom. The first-order chi connectivity index (χ1) is 16.6. The first-order valence-corrected chi connectivity index (χ1v) is 12.3. The first kappa shape index (κ1) is 23.2. The van der Waals surface area contributed by atoms with Crippen LogP contribution in [0.4, 0.5) is 5.82 Å². The van der Waals surface area contributed by atoms with Gasteiger partial charge >= 0.3 is 0 Å². The van der Waals surface area contributed by atoms with E-state index in [2.05, 4.69) is 20.9 Å². The first-order valence-electron chi connectivity index (χ1n) is 12.3. The lowest BCUT2D eigenvalue weighted by Crippen LogP contribution is -2.66. The number of rotatable bonds is 8. The number of fused-ring (bicyclic) bond motifs is 3. The van der Waals surface area contributed by atoms with E-state index >= 15 is 0 Å². The van der Waals surface area contributed by atoms with E-state index in [0.29, 0.717) is 24.8 Å². The molecular formula is C25H33N5O4. The van der Waals surface area contributed by atoms with E-state index in [0.717, 1.165) is 49.6 Å². The van der Waals surface area contributed by atoms with Crippen LogP contribution in [-0.2, 0) is 14.3 Å². The molecule has 5 unspecified atom stereocenters. The van der Waals surface area contributed by atoms with E-state index in [4.69, 9.17) is 4.74 Å². The van der Waals surface area contributed by atoms with Crippen molar-refractivity contribution in [2.45, 2.75) is 63.0 Å². The Labute approximate surface area is 199 Å². The van der Waals surface area contributed by atoms with Crippen LogP contribution in [0.2, 0.25) is 0 Å². The summed E-state index contributed by atoms with van der Waals surface area (Å²) in [4.78, 5) is 31.0. The highest BCUT2D eigenvalue weighted by Crippen LogP contribution is 2.33. The van der Waals surface area contributed by atoms with Crippen LogP contribution >= 0.6 is 0 Å². The van der Waals surface area contributed by atoms with Crippen LogP contribution in [0.1, 0.15) is 38.5 Å². The van der Waals surface area contributed by atoms with Crippen molar-refractivity contribution in [2.24, 2.45) is 5.92 Å². The summed E-state index contributed by atoms with van der Waals surface area (Å²) in [5.41, 5.74) is 0.864. The summed E-state index contributed by atoms with van der Waals surface area (Å²) in [5, 5.41) is 20.0. The van der Waals surface area contributed by atoms with Gasteiger partial charge in [-0.05, 0) is 49.8 Å². The van der Waals surface area contributed by atoms with Gasteiger partial charge in [0.05, 0.1) is 18.2 Å². The average Bonchev–Trinajstić information content (AvgIpc) is 3.16. The van der Waals surface area contributed by atoms with Crippen molar-refractivity contribution in [3.05, 3.63) is 36.4 Å². The molecule has 5 atom stereocenters. The summed E-state index contributed by atoms with van der Waals surface area (Å²) < 4.78 is 6.24. The molecule has 1 aromatic heterocycles. The number of ether oxygens (including phenoxy) is 1. The van der Waals surface area contributed by atoms with Gasteiger partial charge in [0.2, 0.25) is 11.8 Å². The number of hydrogen-bond acceptors (Lipinski definition) is 7. The minimum absolute atomic E-state index is 0.0371. The second kappa shape index (κ2) is 10.4. The van der Waals surface area contributed by atoms with Crippen LogP contribution in [0.25, 0.3) is 10.9 Å². The molecule has 2 aromatic rings. The molecule has 5 rings (SSSR count). The van der Waals surface area contributed by atoms with E-state index in [1.807, 2.05) is 41.3 Å². The van der Waals surface area contributed by atoms with Gasteiger partial charge in [0.25, 0.3) is 0 Å². The smallest absolute Gasteiger partial charge is 0.242 e. The SMILES string of the molecule is O=C(CCCCOC1CCCC2CN3C(NC(=O)C3CO)NC21)Nc1ccc2ccccc2n1. The number of benzene rings is 1. The van der Waals surface area contributed by atoms with Crippen LogP contribution in [0.5, 0.6) is 0 Å². The third kappa shape index (κ3) is 4.93. The van der Waals surface area contributed by atoms with Gasteiger partial charge < -0.3 is 20.5 Å². The van der Waals surface area contributed by atoms with E-state index in [1.165, 1.54) is 0 Å². The van der Waals surface area contributed by atoms with Gasteiger partial charge in [0.1, 0.15) is 18.1 Å². The van der Waals surface area contributed by atoms with Crippen molar-refractivity contribution in [1.29, 1.82) is 0 Å². The standard InChI is InChI=1S/C25H33N5O4/c31-15-19-24(33)29-25-28-23-17(14-30(19)25)7-5-9-20(23)34-13-4-3-10-22(32)27-21-12-11-16-6-1-2-8-18(16)26-21/h1-2,6,8,11-12,17,19-20,23,25,28,31H,3-5,7,9-10,13-15H2,(H,29,33)(H,26,27,32). The van der Waals surface area contributed by atoms with Crippen molar-refractivity contribution < 1.29 is 19.4 Å². The number of unbranched alkanes of at least 4 members (excludes halogenated alkanes) is 1. The number of carbonyl (C=O) groups is 2. The Bertz CT molecular complexity index is 1030. The fourth-order valence-electron chi connectivity index (χ4n) is 5.50. The number of hydrogen-bond donors (Lipinski definition) is 4. The molecule has 2 aliphatic heterocycles. The number of nitrogens with one attached hydrogen (secondary N) is 3. The zero-order valence-corrected chi connectivity index (χ0v) is 19.3. The zero-order chi connectivity index (χ0) is 23.5. The molecule has 1 aliphatic carbocycles. The number of aromatic nitrogens is 1. The van der Waals surface area contributed by atoms with Crippen molar-refractivity contribution in [3.8, 4) is 0 Å². The lowest BCUT2D eigenvalue weighted by Gasteiger charge is -2.47. The van der Waals surface area contributed by atoms with Gasteiger partial charge in [-0.2, -0.15) is 0 Å². The Morgan fingerprint density at radius 3 is 2.97 bits per heavy atom. The number of pyridine rings is 1. The van der Waals surface area contributed by atoms with E-state index in [1.54, 1.807) is 0 Å². The minimum atomic E-state index is -0.462. The van der Waals surface area contributed by atoms with Crippen LogP contribution in [0.15, 0.2) is 36.4 Å². The lowest BCUT2D eigenvalue weighted by molar-refractivity contribution is -0.122. The van der Waals surface area contributed by atoms with Gasteiger partial charge in [0.15, 0.2) is 0 Å². The fraction of sp³-hybridized carbons (Fsp3) is 0.560. The van der Waals surface area contributed by atoms with Gasteiger partial charge in [-0.15, -0.1) is 0 Å². The average molecular weight is 468 g/mol. The van der Waals surface area contributed by atoms with Gasteiger partial charge in [-0.3, -0.25) is 19.8 Å². The number of aliphatic hydroxyl groups is 1. The van der Waals surface area contributed by atoms with E-state index in [-0.39, 0.29) is 36.9 Å². The maximum absolute atomic E-state index is 12.3. The number of nitrogens with zero attached hydrogens (tertiary/aromatic N) is 2. The van der Waals surface area contributed by atoms with E-state index < -0.39 is 6.04 Å². The summed E-state index contributed by atoms with van der Waals surface area (Å²) in [6, 6.07) is 11.4. The second-order valence-corrected chi connectivity index (χ2v) is 9.49. The molecule has 3 heterocycles. The summed E-state index contributed by atoms with van der Waals surface area (Å²) in [6.45, 7) is 1.23. The van der Waals surface area contributed by atoms with Crippen LogP contribution in [-0.4, -0.2) is 71.0 Å². The van der Waals surface area contributed by atoms with Gasteiger partial charge in [-0.1, -0.05) is 24.6 Å². The quantitative estimate of drug-likeness (QED) is 0.436. The molecule has 0 spiro atoms. The molecule has 0 bridgehead atoms. The van der Waals surface area contributed by atoms with Crippen LogP contribution < -0.4 is 16.0 Å². The monoisotopic (exact) mass is 467 g/mol. The summed E-state index contributed by atoms with van der Waals surface area (Å²) in [5.74, 6) is 0.822. The molecule has 3 fully saturated rings. The molecule has 0 radical (unpaired) electrons. The molecule has 2 amide bonds. The number of anilines is 1. The second-order valence-electron chi connectivity index (χ2n) is 9.49.